The van der Waals surface area contributed by atoms with Gasteiger partial charge in [-0.15, -0.1) is 0 Å². The third-order valence-electron chi connectivity index (χ3n) is 4.66. The number of carbonyl (C=O) groups is 1. The highest BCUT2D eigenvalue weighted by molar-refractivity contribution is 7.81. The molecule has 2 aromatic rings. The summed E-state index contributed by atoms with van der Waals surface area (Å²) in [6.45, 7) is 14.1. The van der Waals surface area contributed by atoms with Crippen LogP contribution in [-0.4, -0.2) is 16.6 Å². The molecule has 132 valence electrons. The minimum Gasteiger partial charge on any atom is -0.304 e. The molecule has 0 N–H and O–H groups in total. The Balaban J connectivity index is 2.13. The molecule has 0 aliphatic carbocycles. The molecule has 3 rings (SSSR count). The molecule has 0 aromatic heterocycles. The molecule has 0 bridgehead atoms. The van der Waals surface area contributed by atoms with E-state index in [1.54, 1.807) is 18.7 Å². The molecule has 0 spiro atoms. The van der Waals surface area contributed by atoms with Crippen molar-refractivity contribution in [2.75, 3.05) is 9.80 Å². The number of anilines is 2. The first-order valence-corrected chi connectivity index (χ1v) is 8.53. The first-order valence-electron chi connectivity index (χ1n) is 8.12. The van der Waals surface area contributed by atoms with E-state index in [0.717, 1.165) is 11.3 Å². The van der Waals surface area contributed by atoms with Crippen LogP contribution < -0.4 is 9.80 Å². The topological polar surface area (TPSA) is 27.9 Å². The summed E-state index contributed by atoms with van der Waals surface area (Å²) in [5.74, 6) is -0.910. The smallest absolute Gasteiger partial charge is 0.259 e. The summed E-state index contributed by atoms with van der Waals surface area (Å²) >= 11 is 5.55. The van der Waals surface area contributed by atoms with Gasteiger partial charge in [0, 0.05) is 5.69 Å². The zero-order chi connectivity index (χ0) is 19.2. The summed E-state index contributed by atoms with van der Waals surface area (Å²) in [4.78, 5) is 19.3. The normalized spacial score (nSPS) is 16.2. The number of thiocarbonyl (C=S) groups is 1. The average Bonchev–Trinajstić information content (AvgIpc) is 2.77. The molecule has 2 aromatic carbocycles. The molecule has 0 atom stereocenters. The van der Waals surface area contributed by atoms with E-state index in [1.807, 2.05) is 31.2 Å². The van der Waals surface area contributed by atoms with Gasteiger partial charge in [0.2, 0.25) is 0 Å². The number of nitrogens with zero attached hydrogens (tertiary/aromatic N) is 3. The Bertz CT molecular complexity index is 960. The summed E-state index contributed by atoms with van der Waals surface area (Å²) in [6, 6.07) is 10.6. The molecule has 0 unspecified atom stereocenters. The highest BCUT2D eigenvalue weighted by Crippen LogP contribution is 2.39. The van der Waals surface area contributed by atoms with Gasteiger partial charge in [0.05, 0.1) is 12.3 Å². The van der Waals surface area contributed by atoms with Crippen LogP contribution in [0.4, 0.5) is 21.5 Å². The Labute approximate surface area is 157 Å². The zero-order valence-electron chi connectivity index (χ0n) is 15.0. The van der Waals surface area contributed by atoms with Crippen LogP contribution in [0, 0.1) is 26.2 Å². The summed E-state index contributed by atoms with van der Waals surface area (Å²) in [6.07, 6.45) is 0. The van der Waals surface area contributed by atoms with Crippen molar-refractivity contribution < 1.29 is 9.18 Å². The molecule has 1 aliphatic heterocycles. The van der Waals surface area contributed by atoms with Crippen molar-refractivity contribution >= 4 is 40.3 Å². The molecule has 26 heavy (non-hydrogen) atoms. The average molecular weight is 367 g/mol. The van der Waals surface area contributed by atoms with Gasteiger partial charge in [0.1, 0.15) is 11.4 Å². The van der Waals surface area contributed by atoms with Gasteiger partial charge in [-0.3, -0.25) is 9.69 Å². The van der Waals surface area contributed by atoms with Crippen LogP contribution in [0.15, 0.2) is 36.4 Å². The number of halogens is 1. The van der Waals surface area contributed by atoms with Gasteiger partial charge in [0.15, 0.2) is 10.8 Å². The van der Waals surface area contributed by atoms with Crippen molar-refractivity contribution in [3.8, 4) is 0 Å². The second-order valence-electron chi connectivity index (χ2n) is 6.81. The summed E-state index contributed by atoms with van der Waals surface area (Å²) in [7, 11) is 0. The van der Waals surface area contributed by atoms with Gasteiger partial charge in [-0.25, -0.2) is 9.24 Å². The molecule has 1 heterocycles. The lowest BCUT2D eigenvalue weighted by Crippen LogP contribution is -2.44. The van der Waals surface area contributed by atoms with Crippen molar-refractivity contribution in [1.82, 2.24) is 0 Å². The standard InChI is InChI=1S/C20H18FN3OS/c1-12-6-8-14(9-7-12)24-19(26)23(18(25)20(24,3)4)16-11-10-15(22-5)13(2)17(16)21/h6-11H,1-4H3. The summed E-state index contributed by atoms with van der Waals surface area (Å²) < 4.78 is 14.9. The van der Waals surface area contributed by atoms with Crippen LogP contribution in [0.25, 0.3) is 4.85 Å². The van der Waals surface area contributed by atoms with Gasteiger partial charge in [-0.1, -0.05) is 23.8 Å². The lowest BCUT2D eigenvalue weighted by Gasteiger charge is -2.29. The lowest BCUT2D eigenvalue weighted by molar-refractivity contribution is -0.120. The van der Waals surface area contributed by atoms with Crippen LogP contribution in [0.5, 0.6) is 0 Å². The van der Waals surface area contributed by atoms with E-state index in [-0.39, 0.29) is 28.0 Å². The quantitative estimate of drug-likeness (QED) is 0.558. The minimum absolute atomic E-state index is 0.0765. The maximum absolute atomic E-state index is 14.9. The SMILES string of the molecule is [C-]#[N+]c1ccc(N2C(=O)C(C)(C)N(c3ccc(C)cc3)C2=S)c(F)c1C. The number of rotatable bonds is 2. The van der Waals surface area contributed by atoms with Gasteiger partial charge >= 0.3 is 0 Å². The van der Waals surface area contributed by atoms with Crippen molar-refractivity contribution in [2.45, 2.75) is 33.2 Å². The molecular weight excluding hydrogens is 349 g/mol. The molecule has 4 nitrogen and oxygen atoms in total. The second kappa shape index (κ2) is 6.19. The van der Waals surface area contributed by atoms with Crippen LogP contribution in [-0.2, 0) is 4.79 Å². The predicted octanol–water partition coefficient (Wildman–Crippen LogP) is 4.91. The third kappa shape index (κ3) is 2.56. The maximum atomic E-state index is 14.9. The predicted molar refractivity (Wildman–Crippen MR) is 105 cm³/mol. The van der Waals surface area contributed by atoms with Crippen molar-refractivity contribution in [1.29, 1.82) is 0 Å². The molecular formula is C20H18FN3OS. The first kappa shape index (κ1) is 18.0. The lowest BCUT2D eigenvalue weighted by atomic mass is 10.0. The molecule has 6 heteroatoms. The Morgan fingerprint density at radius 3 is 2.31 bits per heavy atom. The van der Waals surface area contributed by atoms with E-state index in [9.17, 15) is 9.18 Å². The first-order chi connectivity index (χ1) is 12.2. The van der Waals surface area contributed by atoms with Crippen LogP contribution in [0.2, 0.25) is 0 Å². The second-order valence-corrected chi connectivity index (χ2v) is 7.17. The fraction of sp³-hybridized carbons (Fsp3) is 0.250. The van der Waals surface area contributed by atoms with E-state index in [1.165, 1.54) is 24.0 Å². The molecule has 0 radical (unpaired) electrons. The Morgan fingerprint density at radius 2 is 1.73 bits per heavy atom. The molecule has 1 fully saturated rings. The fourth-order valence-corrected chi connectivity index (χ4v) is 3.60. The largest absolute Gasteiger partial charge is 0.304 e. The van der Waals surface area contributed by atoms with E-state index < -0.39 is 11.4 Å². The Kier molecular flexibility index (Phi) is 4.29. The summed E-state index contributed by atoms with van der Waals surface area (Å²) in [5.41, 5.74) is 1.42. The molecule has 0 saturated carbocycles. The number of carbonyl (C=O) groups excluding carboxylic acids is 1. The van der Waals surface area contributed by atoms with Gasteiger partial charge < -0.3 is 4.90 Å². The van der Waals surface area contributed by atoms with Crippen LogP contribution in [0.3, 0.4) is 0 Å². The van der Waals surface area contributed by atoms with Crippen LogP contribution >= 0.6 is 12.2 Å². The number of amides is 1. The highest BCUT2D eigenvalue weighted by Gasteiger charge is 2.50. The number of benzene rings is 2. The van der Waals surface area contributed by atoms with E-state index >= 15 is 0 Å². The van der Waals surface area contributed by atoms with Gasteiger partial charge in [0.25, 0.3) is 5.91 Å². The molecule has 1 saturated heterocycles. The van der Waals surface area contributed by atoms with Crippen molar-refractivity contribution in [3.63, 3.8) is 0 Å². The maximum Gasteiger partial charge on any atom is 0.259 e. The van der Waals surface area contributed by atoms with E-state index in [0.29, 0.717) is 0 Å². The fourth-order valence-electron chi connectivity index (χ4n) is 3.09. The van der Waals surface area contributed by atoms with Gasteiger partial charge in [-0.2, -0.15) is 0 Å². The Hall–Kier alpha value is -2.78. The zero-order valence-corrected chi connectivity index (χ0v) is 15.8. The highest BCUT2D eigenvalue weighted by atomic mass is 32.1. The van der Waals surface area contributed by atoms with Crippen LogP contribution in [0.1, 0.15) is 25.0 Å². The van der Waals surface area contributed by atoms with E-state index in [4.69, 9.17) is 18.8 Å². The third-order valence-corrected chi connectivity index (χ3v) is 5.02. The minimum atomic E-state index is -0.953. The van der Waals surface area contributed by atoms with Gasteiger partial charge in [-0.05, 0) is 63.7 Å². The monoisotopic (exact) mass is 367 g/mol. The number of aryl methyl sites for hydroxylation is 1. The Morgan fingerprint density at radius 1 is 1.12 bits per heavy atom. The molecule has 1 aliphatic rings. The van der Waals surface area contributed by atoms with Crippen molar-refractivity contribution in [3.05, 3.63) is 64.8 Å². The number of hydrogen-bond acceptors (Lipinski definition) is 2. The number of hydrogen-bond donors (Lipinski definition) is 0. The molecule has 1 amide bonds. The van der Waals surface area contributed by atoms with E-state index in [2.05, 4.69) is 4.85 Å². The summed E-state index contributed by atoms with van der Waals surface area (Å²) in [5, 5.41) is 0.220. The van der Waals surface area contributed by atoms with Crippen molar-refractivity contribution in [2.24, 2.45) is 0 Å².